The molecular formula is C11H11FN2O2S2. The Labute approximate surface area is 109 Å². The number of sulfonamides is 1. The molecule has 2 aromatic rings. The SMILES string of the molecule is Cc1ncc(CNS(=O)(=O)c2ccc(F)cc2)s1. The van der Waals surface area contributed by atoms with Crippen LogP contribution in [0.15, 0.2) is 35.4 Å². The van der Waals surface area contributed by atoms with Crippen LogP contribution in [0.3, 0.4) is 0 Å². The first-order valence-corrected chi connectivity index (χ1v) is 7.44. The Kier molecular flexibility index (Phi) is 3.74. The van der Waals surface area contributed by atoms with Gasteiger partial charge >= 0.3 is 0 Å². The van der Waals surface area contributed by atoms with Crippen LogP contribution in [0.25, 0.3) is 0 Å². The molecular weight excluding hydrogens is 275 g/mol. The van der Waals surface area contributed by atoms with E-state index in [0.29, 0.717) is 0 Å². The summed E-state index contributed by atoms with van der Waals surface area (Å²) in [5.74, 6) is -0.466. The minimum Gasteiger partial charge on any atom is -0.250 e. The van der Waals surface area contributed by atoms with Gasteiger partial charge in [0.05, 0.1) is 9.90 Å². The maximum Gasteiger partial charge on any atom is 0.240 e. The van der Waals surface area contributed by atoms with Crippen molar-refractivity contribution in [2.45, 2.75) is 18.4 Å². The molecule has 7 heteroatoms. The molecule has 0 spiro atoms. The summed E-state index contributed by atoms with van der Waals surface area (Å²) in [7, 11) is -3.60. The fourth-order valence-electron chi connectivity index (χ4n) is 1.35. The van der Waals surface area contributed by atoms with Gasteiger partial charge in [0, 0.05) is 17.6 Å². The van der Waals surface area contributed by atoms with Crippen molar-refractivity contribution >= 4 is 21.4 Å². The second-order valence-corrected chi connectivity index (χ2v) is 6.71. The van der Waals surface area contributed by atoms with E-state index in [1.807, 2.05) is 6.92 Å². The molecule has 0 atom stereocenters. The average molecular weight is 286 g/mol. The molecule has 0 bridgehead atoms. The molecule has 1 N–H and O–H groups in total. The molecule has 0 radical (unpaired) electrons. The summed E-state index contributed by atoms with van der Waals surface area (Å²) in [6, 6.07) is 4.70. The molecule has 0 saturated carbocycles. The van der Waals surface area contributed by atoms with Gasteiger partial charge in [-0.1, -0.05) is 0 Å². The van der Waals surface area contributed by atoms with Crippen molar-refractivity contribution in [3.63, 3.8) is 0 Å². The van der Waals surface area contributed by atoms with Gasteiger partial charge in [0.1, 0.15) is 5.82 Å². The van der Waals surface area contributed by atoms with Crippen LogP contribution >= 0.6 is 11.3 Å². The summed E-state index contributed by atoms with van der Waals surface area (Å²) in [6.45, 7) is 2.04. The summed E-state index contributed by atoms with van der Waals surface area (Å²) in [6.07, 6.45) is 1.63. The van der Waals surface area contributed by atoms with Crippen molar-refractivity contribution in [3.05, 3.63) is 46.2 Å². The molecule has 0 amide bonds. The van der Waals surface area contributed by atoms with Crippen LogP contribution in [0.1, 0.15) is 9.88 Å². The van der Waals surface area contributed by atoms with Gasteiger partial charge in [-0.25, -0.2) is 22.5 Å². The summed E-state index contributed by atoms with van der Waals surface area (Å²) in [4.78, 5) is 4.91. The highest BCUT2D eigenvalue weighted by Crippen LogP contribution is 2.14. The maximum absolute atomic E-state index is 12.7. The van der Waals surface area contributed by atoms with Gasteiger partial charge in [0.2, 0.25) is 10.0 Å². The van der Waals surface area contributed by atoms with Crippen LogP contribution in [0.5, 0.6) is 0 Å². The molecule has 0 aliphatic carbocycles. The van der Waals surface area contributed by atoms with Crippen molar-refractivity contribution in [1.82, 2.24) is 9.71 Å². The molecule has 18 heavy (non-hydrogen) atoms. The summed E-state index contributed by atoms with van der Waals surface area (Å²) in [5.41, 5.74) is 0. The molecule has 1 aromatic heterocycles. The fraction of sp³-hybridized carbons (Fsp3) is 0.182. The standard InChI is InChI=1S/C11H11FN2O2S2/c1-8-13-6-10(17-8)7-14-18(15,16)11-4-2-9(12)3-5-11/h2-6,14H,7H2,1H3. The highest BCUT2D eigenvalue weighted by molar-refractivity contribution is 7.89. The van der Waals surface area contributed by atoms with Gasteiger partial charge in [-0.2, -0.15) is 0 Å². The van der Waals surface area contributed by atoms with Crippen LogP contribution in [-0.4, -0.2) is 13.4 Å². The van der Waals surface area contributed by atoms with Gasteiger partial charge in [0.15, 0.2) is 0 Å². The minimum absolute atomic E-state index is 0.0464. The van der Waals surface area contributed by atoms with E-state index in [4.69, 9.17) is 0 Å². The van der Waals surface area contributed by atoms with Gasteiger partial charge in [-0.15, -0.1) is 11.3 Å². The van der Waals surface area contributed by atoms with Crippen LogP contribution in [0, 0.1) is 12.7 Å². The Morgan fingerprint density at radius 2 is 2.00 bits per heavy atom. The van der Waals surface area contributed by atoms with E-state index in [1.165, 1.54) is 23.5 Å². The largest absolute Gasteiger partial charge is 0.250 e. The van der Waals surface area contributed by atoms with Crippen LogP contribution < -0.4 is 4.72 Å². The highest BCUT2D eigenvalue weighted by atomic mass is 32.2. The third kappa shape index (κ3) is 3.12. The van der Waals surface area contributed by atoms with Crippen LogP contribution in [0.2, 0.25) is 0 Å². The smallest absolute Gasteiger partial charge is 0.240 e. The topological polar surface area (TPSA) is 59.1 Å². The van der Waals surface area contributed by atoms with E-state index < -0.39 is 15.8 Å². The first-order chi connectivity index (χ1) is 8.47. The molecule has 0 fully saturated rings. The molecule has 2 rings (SSSR count). The monoisotopic (exact) mass is 286 g/mol. The van der Waals surface area contributed by atoms with Crippen molar-refractivity contribution in [2.24, 2.45) is 0 Å². The Morgan fingerprint density at radius 1 is 1.33 bits per heavy atom. The van der Waals surface area contributed by atoms with Crippen molar-refractivity contribution in [2.75, 3.05) is 0 Å². The molecule has 0 aliphatic rings. The number of aromatic nitrogens is 1. The number of nitrogens with one attached hydrogen (secondary N) is 1. The third-order valence-corrected chi connectivity index (χ3v) is 4.56. The lowest BCUT2D eigenvalue weighted by molar-refractivity contribution is 0.581. The summed E-state index contributed by atoms with van der Waals surface area (Å²) < 4.78 is 38.9. The molecule has 4 nitrogen and oxygen atoms in total. The number of halogens is 1. The first kappa shape index (κ1) is 13.1. The van der Waals surface area contributed by atoms with Crippen molar-refractivity contribution in [3.8, 4) is 0 Å². The van der Waals surface area contributed by atoms with E-state index in [-0.39, 0.29) is 11.4 Å². The molecule has 0 unspecified atom stereocenters. The molecule has 0 aliphatic heterocycles. The van der Waals surface area contributed by atoms with E-state index in [0.717, 1.165) is 22.0 Å². The average Bonchev–Trinajstić information content (AvgIpc) is 2.73. The first-order valence-electron chi connectivity index (χ1n) is 5.14. The van der Waals surface area contributed by atoms with Crippen LogP contribution in [0.4, 0.5) is 4.39 Å². The molecule has 0 saturated heterocycles. The predicted octanol–water partition coefficient (Wildman–Crippen LogP) is 2.07. The number of nitrogens with zero attached hydrogens (tertiary/aromatic N) is 1. The number of rotatable bonds is 4. The Balaban J connectivity index is 2.10. The molecule has 96 valence electrons. The quantitative estimate of drug-likeness (QED) is 0.936. The number of thiazole rings is 1. The Hall–Kier alpha value is -1.31. The van der Waals surface area contributed by atoms with Gasteiger partial charge in [-0.05, 0) is 31.2 Å². The summed E-state index contributed by atoms with van der Waals surface area (Å²) in [5, 5.41) is 0.881. The highest BCUT2D eigenvalue weighted by Gasteiger charge is 2.14. The predicted molar refractivity (Wildman–Crippen MR) is 67.3 cm³/mol. The zero-order chi connectivity index (χ0) is 13.2. The lowest BCUT2D eigenvalue weighted by Crippen LogP contribution is -2.22. The number of hydrogen-bond donors (Lipinski definition) is 1. The van der Waals surface area contributed by atoms with Gasteiger partial charge in [-0.3, -0.25) is 0 Å². The second kappa shape index (κ2) is 5.13. The fourth-order valence-corrected chi connectivity index (χ4v) is 3.18. The third-order valence-electron chi connectivity index (χ3n) is 2.23. The van der Waals surface area contributed by atoms with Crippen molar-refractivity contribution in [1.29, 1.82) is 0 Å². The Morgan fingerprint density at radius 3 is 2.56 bits per heavy atom. The second-order valence-electron chi connectivity index (χ2n) is 3.62. The Bertz CT molecular complexity index is 635. The maximum atomic E-state index is 12.7. The summed E-state index contributed by atoms with van der Waals surface area (Å²) >= 11 is 1.43. The normalized spacial score (nSPS) is 11.7. The van der Waals surface area contributed by atoms with E-state index in [2.05, 4.69) is 9.71 Å². The van der Waals surface area contributed by atoms with Gasteiger partial charge in [0.25, 0.3) is 0 Å². The van der Waals surface area contributed by atoms with Crippen molar-refractivity contribution < 1.29 is 12.8 Å². The lowest BCUT2D eigenvalue weighted by Gasteiger charge is -2.04. The molecule has 1 heterocycles. The number of hydrogen-bond acceptors (Lipinski definition) is 4. The zero-order valence-corrected chi connectivity index (χ0v) is 11.2. The van der Waals surface area contributed by atoms with E-state index in [1.54, 1.807) is 6.20 Å². The zero-order valence-electron chi connectivity index (χ0n) is 9.55. The number of benzene rings is 1. The lowest BCUT2D eigenvalue weighted by atomic mass is 10.4. The minimum atomic E-state index is -3.60. The number of aryl methyl sites for hydroxylation is 1. The van der Waals surface area contributed by atoms with E-state index in [9.17, 15) is 12.8 Å². The van der Waals surface area contributed by atoms with Crippen LogP contribution in [-0.2, 0) is 16.6 Å². The molecule has 1 aromatic carbocycles. The van der Waals surface area contributed by atoms with Gasteiger partial charge < -0.3 is 0 Å². The van der Waals surface area contributed by atoms with E-state index >= 15 is 0 Å².